The summed E-state index contributed by atoms with van der Waals surface area (Å²) in [7, 11) is -3.36. The standard InChI is InChI=1S/C22H28ClO5P/c1-3-27-29(25,28-4-2)18-15-22(26-17-16-23,20-13-9-6-10-14-20)21(24)19-11-7-5-8-12-19/h5-14H,3-4,15-18H2,1-2H3. The Balaban J connectivity index is 2.50. The van der Waals surface area contributed by atoms with E-state index in [9.17, 15) is 9.36 Å². The van der Waals surface area contributed by atoms with E-state index in [1.54, 1.807) is 38.1 Å². The molecule has 0 saturated heterocycles. The lowest BCUT2D eigenvalue weighted by Crippen LogP contribution is -2.40. The molecule has 0 amide bonds. The minimum Gasteiger partial charge on any atom is -0.361 e. The fraction of sp³-hybridized carbons (Fsp3) is 0.409. The fourth-order valence-corrected chi connectivity index (χ4v) is 4.99. The quantitative estimate of drug-likeness (QED) is 0.229. The summed E-state index contributed by atoms with van der Waals surface area (Å²) < 4.78 is 30.1. The molecule has 2 aromatic carbocycles. The largest absolute Gasteiger partial charge is 0.361 e. The summed E-state index contributed by atoms with van der Waals surface area (Å²) in [5.74, 6) is 0.0135. The maximum atomic E-state index is 13.7. The normalized spacial score (nSPS) is 13.8. The van der Waals surface area contributed by atoms with E-state index in [0.29, 0.717) is 11.1 Å². The molecule has 0 aliphatic carbocycles. The van der Waals surface area contributed by atoms with Crippen LogP contribution in [0.25, 0.3) is 0 Å². The van der Waals surface area contributed by atoms with E-state index in [2.05, 4.69) is 0 Å². The third kappa shape index (κ3) is 6.24. The molecular formula is C22H28ClO5P. The summed E-state index contributed by atoms with van der Waals surface area (Å²) in [6.07, 6.45) is 0.184. The van der Waals surface area contributed by atoms with Crippen LogP contribution in [0, 0.1) is 0 Å². The number of Topliss-reactive ketones (excluding diaryl/α,β-unsaturated/α-hetero) is 1. The van der Waals surface area contributed by atoms with E-state index in [0.717, 1.165) is 0 Å². The summed E-state index contributed by atoms with van der Waals surface area (Å²) in [5.41, 5.74) is -0.159. The van der Waals surface area contributed by atoms with Crippen LogP contribution < -0.4 is 0 Å². The monoisotopic (exact) mass is 438 g/mol. The Labute approximate surface area is 177 Å². The summed E-state index contributed by atoms with van der Waals surface area (Å²) in [4.78, 5) is 13.7. The average molecular weight is 439 g/mol. The third-order valence-electron chi connectivity index (χ3n) is 4.46. The molecule has 1 atom stereocenters. The Hall–Kier alpha value is -1.49. The van der Waals surface area contributed by atoms with Gasteiger partial charge in [-0.25, -0.2) is 0 Å². The van der Waals surface area contributed by atoms with Crippen molar-refractivity contribution in [2.24, 2.45) is 0 Å². The molecule has 1 unspecified atom stereocenters. The fourth-order valence-electron chi connectivity index (χ4n) is 3.21. The molecule has 158 valence electrons. The van der Waals surface area contributed by atoms with Gasteiger partial charge in [0.15, 0.2) is 11.4 Å². The van der Waals surface area contributed by atoms with E-state index in [4.69, 9.17) is 25.4 Å². The number of ether oxygens (including phenoxy) is 1. The van der Waals surface area contributed by atoms with Crippen LogP contribution in [0.1, 0.15) is 36.2 Å². The van der Waals surface area contributed by atoms with E-state index in [1.807, 2.05) is 36.4 Å². The number of rotatable bonds is 13. The zero-order valence-electron chi connectivity index (χ0n) is 16.9. The van der Waals surface area contributed by atoms with Gasteiger partial charge in [0.2, 0.25) is 0 Å². The molecule has 0 bridgehead atoms. The van der Waals surface area contributed by atoms with Crippen LogP contribution in [0.4, 0.5) is 0 Å². The van der Waals surface area contributed by atoms with Gasteiger partial charge in [-0.2, -0.15) is 0 Å². The second-order valence-electron chi connectivity index (χ2n) is 6.35. The van der Waals surface area contributed by atoms with E-state index >= 15 is 0 Å². The zero-order valence-corrected chi connectivity index (χ0v) is 18.5. The van der Waals surface area contributed by atoms with Crippen molar-refractivity contribution >= 4 is 25.0 Å². The van der Waals surface area contributed by atoms with Gasteiger partial charge in [0.1, 0.15) is 0 Å². The van der Waals surface area contributed by atoms with Crippen molar-refractivity contribution in [3.8, 4) is 0 Å². The first-order valence-electron chi connectivity index (χ1n) is 9.74. The Morgan fingerprint density at radius 2 is 1.52 bits per heavy atom. The van der Waals surface area contributed by atoms with Crippen molar-refractivity contribution in [2.45, 2.75) is 25.9 Å². The van der Waals surface area contributed by atoms with Crippen LogP contribution in [-0.4, -0.2) is 37.6 Å². The Kier molecular flexibility index (Phi) is 9.54. The van der Waals surface area contributed by atoms with Crippen molar-refractivity contribution in [3.05, 3.63) is 71.8 Å². The average Bonchev–Trinajstić information content (AvgIpc) is 2.75. The number of hydrogen-bond acceptors (Lipinski definition) is 5. The lowest BCUT2D eigenvalue weighted by molar-refractivity contribution is -0.0259. The number of carbonyl (C=O) groups is 1. The molecule has 2 aromatic rings. The second kappa shape index (κ2) is 11.6. The van der Waals surface area contributed by atoms with Crippen molar-refractivity contribution in [2.75, 3.05) is 31.9 Å². The van der Waals surface area contributed by atoms with Crippen LogP contribution in [0.5, 0.6) is 0 Å². The number of carbonyl (C=O) groups excluding carboxylic acids is 1. The van der Waals surface area contributed by atoms with Crippen LogP contribution in [-0.2, 0) is 24.0 Å². The number of alkyl halides is 1. The number of ketones is 1. The summed E-state index contributed by atoms with van der Waals surface area (Å²) in [6.45, 7) is 4.20. The highest BCUT2D eigenvalue weighted by atomic mass is 35.5. The van der Waals surface area contributed by atoms with Crippen molar-refractivity contribution in [1.29, 1.82) is 0 Å². The first kappa shape index (κ1) is 23.8. The van der Waals surface area contributed by atoms with Gasteiger partial charge in [-0.15, -0.1) is 11.6 Å². The maximum absolute atomic E-state index is 13.7. The molecule has 0 fully saturated rings. The lowest BCUT2D eigenvalue weighted by atomic mass is 9.83. The molecule has 0 aliphatic rings. The lowest BCUT2D eigenvalue weighted by Gasteiger charge is -2.34. The summed E-state index contributed by atoms with van der Waals surface area (Å²) >= 11 is 5.89. The Morgan fingerprint density at radius 1 is 0.966 bits per heavy atom. The zero-order chi connectivity index (χ0) is 21.2. The predicted octanol–water partition coefficient (Wildman–Crippen LogP) is 5.68. The Bertz CT molecular complexity index is 789. The van der Waals surface area contributed by atoms with Gasteiger partial charge in [-0.1, -0.05) is 60.7 Å². The van der Waals surface area contributed by atoms with Gasteiger partial charge in [-0.05, 0) is 25.8 Å². The molecule has 0 radical (unpaired) electrons. The smallest absolute Gasteiger partial charge is 0.330 e. The molecule has 29 heavy (non-hydrogen) atoms. The molecule has 0 spiro atoms. The van der Waals surface area contributed by atoms with Crippen molar-refractivity contribution in [3.63, 3.8) is 0 Å². The van der Waals surface area contributed by atoms with Crippen LogP contribution in [0.2, 0.25) is 0 Å². The highest BCUT2D eigenvalue weighted by molar-refractivity contribution is 7.53. The molecule has 0 aliphatic heterocycles. The molecule has 0 aromatic heterocycles. The minimum atomic E-state index is -3.36. The molecule has 0 heterocycles. The summed E-state index contributed by atoms with van der Waals surface area (Å²) in [6, 6.07) is 18.2. The van der Waals surface area contributed by atoms with Crippen LogP contribution >= 0.6 is 19.2 Å². The summed E-state index contributed by atoms with van der Waals surface area (Å²) in [5, 5.41) is 0. The van der Waals surface area contributed by atoms with Gasteiger partial charge in [-0.3, -0.25) is 9.36 Å². The van der Waals surface area contributed by atoms with Crippen LogP contribution in [0.3, 0.4) is 0 Å². The highest BCUT2D eigenvalue weighted by Gasteiger charge is 2.43. The highest BCUT2D eigenvalue weighted by Crippen LogP contribution is 2.51. The van der Waals surface area contributed by atoms with Gasteiger partial charge in [0, 0.05) is 11.4 Å². The van der Waals surface area contributed by atoms with Gasteiger partial charge >= 0.3 is 7.60 Å². The van der Waals surface area contributed by atoms with Crippen LogP contribution in [0.15, 0.2) is 60.7 Å². The first-order valence-corrected chi connectivity index (χ1v) is 12.0. The Morgan fingerprint density at radius 3 is 2.03 bits per heavy atom. The van der Waals surface area contributed by atoms with E-state index in [1.165, 1.54) is 0 Å². The van der Waals surface area contributed by atoms with Gasteiger partial charge in [0.05, 0.1) is 26.0 Å². The second-order valence-corrected chi connectivity index (χ2v) is 8.91. The van der Waals surface area contributed by atoms with Gasteiger partial charge < -0.3 is 13.8 Å². The molecule has 5 nitrogen and oxygen atoms in total. The third-order valence-corrected chi connectivity index (χ3v) is 6.69. The molecule has 2 rings (SSSR count). The van der Waals surface area contributed by atoms with Crippen molar-refractivity contribution < 1.29 is 23.1 Å². The first-order chi connectivity index (χ1) is 14.0. The molecule has 0 saturated carbocycles. The van der Waals surface area contributed by atoms with Gasteiger partial charge in [0.25, 0.3) is 0 Å². The molecule has 7 heteroatoms. The van der Waals surface area contributed by atoms with E-state index in [-0.39, 0.29) is 44.1 Å². The SMILES string of the molecule is CCOP(=O)(CCC(OCCCl)(C(=O)c1ccccc1)c1ccccc1)OCC. The number of halogens is 1. The molecular weight excluding hydrogens is 411 g/mol. The predicted molar refractivity (Wildman–Crippen MR) is 116 cm³/mol. The number of hydrogen-bond donors (Lipinski definition) is 0. The number of benzene rings is 2. The minimum absolute atomic E-state index is 0.0461. The molecule has 0 N–H and O–H groups in total. The maximum Gasteiger partial charge on any atom is 0.330 e. The topological polar surface area (TPSA) is 61.8 Å². The van der Waals surface area contributed by atoms with E-state index < -0.39 is 13.2 Å². The van der Waals surface area contributed by atoms with Crippen molar-refractivity contribution in [1.82, 2.24) is 0 Å².